The number of nitrogens with zero attached hydrogens (tertiary/aromatic N) is 2. The Morgan fingerprint density at radius 1 is 1.38 bits per heavy atom. The van der Waals surface area contributed by atoms with E-state index in [0.29, 0.717) is 6.04 Å². The fourth-order valence-corrected chi connectivity index (χ4v) is 1.87. The molecule has 2 atom stereocenters. The maximum Gasteiger partial charge on any atom is 0.0534 e. The Kier molecular flexibility index (Phi) is 5.53. The highest BCUT2D eigenvalue weighted by atomic mass is 15.2. The summed E-state index contributed by atoms with van der Waals surface area (Å²) in [6.07, 6.45) is 7.74. The van der Waals surface area contributed by atoms with Crippen LogP contribution < -0.4 is 5.32 Å². The van der Waals surface area contributed by atoms with Crippen molar-refractivity contribution in [2.75, 3.05) is 0 Å². The molecule has 0 aromatic carbocycles. The van der Waals surface area contributed by atoms with Crippen molar-refractivity contribution in [2.24, 2.45) is 13.0 Å². The molecule has 16 heavy (non-hydrogen) atoms. The molecule has 1 heterocycles. The van der Waals surface area contributed by atoms with Crippen LogP contribution in [0.3, 0.4) is 0 Å². The first-order valence-corrected chi connectivity index (χ1v) is 6.36. The van der Waals surface area contributed by atoms with Gasteiger partial charge in [-0.3, -0.25) is 4.68 Å². The van der Waals surface area contributed by atoms with Crippen LogP contribution in [0.15, 0.2) is 12.4 Å². The molecule has 0 amide bonds. The van der Waals surface area contributed by atoms with Crippen molar-refractivity contribution in [1.29, 1.82) is 0 Å². The van der Waals surface area contributed by atoms with E-state index in [1.807, 2.05) is 17.9 Å². The molecule has 1 aromatic rings. The molecule has 92 valence electrons. The number of aromatic nitrogens is 2. The van der Waals surface area contributed by atoms with Gasteiger partial charge in [0.25, 0.3) is 0 Å². The van der Waals surface area contributed by atoms with Crippen molar-refractivity contribution in [1.82, 2.24) is 15.1 Å². The van der Waals surface area contributed by atoms with Crippen LogP contribution in [0.2, 0.25) is 0 Å². The lowest BCUT2D eigenvalue weighted by atomic mass is 9.98. The fraction of sp³-hybridized carbons (Fsp3) is 0.769. The molecule has 0 bridgehead atoms. The molecule has 3 nitrogen and oxygen atoms in total. The molecule has 0 spiro atoms. The van der Waals surface area contributed by atoms with Gasteiger partial charge < -0.3 is 5.32 Å². The van der Waals surface area contributed by atoms with E-state index in [9.17, 15) is 0 Å². The Bertz CT molecular complexity index is 293. The van der Waals surface area contributed by atoms with Crippen LogP contribution in [-0.4, -0.2) is 15.8 Å². The number of hydrogen-bond donors (Lipinski definition) is 1. The highest BCUT2D eigenvalue weighted by molar-refractivity contribution is 5.03. The van der Waals surface area contributed by atoms with Gasteiger partial charge in [-0.2, -0.15) is 5.10 Å². The summed E-state index contributed by atoms with van der Waals surface area (Å²) < 4.78 is 1.85. The zero-order chi connectivity index (χ0) is 12.0. The number of nitrogens with one attached hydrogen (secondary N) is 1. The molecular weight excluding hydrogens is 198 g/mol. The lowest BCUT2D eigenvalue weighted by Crippen LogP contribution is -2.29. The topological polar surface area (TPSA) is 29.9 Å². The van der Waals surface area contributed by atoms with Gasteiger partial charge in [0.1, 0.15) is 0 Å². The molecule has 1 aromatic heterocycles. The van der Waals surface area contributed by atoms with Crippen molar-refractivity contribution in [3.05, 3.63) is 18.0 Å². The summed E-state index contributed by atoms with van der Waals surface area (Å²) in [7, 11) is 1.96. The molecule has 0 aliphatic carbocycles. The highest BCUT2D eigenvalue weighted by Gasteiger charge is 2.09. The van der Waals surface area contributed by atoms with Crippen LogP contribution in [0, 0.1) is 5.92 Å². The van der Waals surface area contributed by atoms with E-state index in [0.717, 1.165) is 12.5 Å². The summed E-state index contributed by atoms with van der Waals surface area (Å²) in [5.41, 5.74) is 1.27. The molecule has 1 N–H and O–H groups in total. The van der Waals surface area contributed by atoms with Gasteiger partial charge >= 0.3 is 0 Å². The summed E-state index contributed by atoms with van der Waals surface area (Å²) in [4.78, 5) is 0. The third-order valence-corrected chi connectivity index (χ3v) is 3.23. The molecule has 3 heteroatoms. The normalized spacial score (nSPS) is 15.0. The quantitative estimate of drug-likeness (QED) is 0.770. The van der Waals surface area contributed by atoms with Crippen LogP contribution >= 0.6 is 0 Å². The van der Waals surface area contributed by atoms with Crippen molar-refractivity contribution >= 4 is 0 Å². The molecular formula is C13H25N3. The van der Waals surface area contributed by atoms with Crippen LogP contribution in [-0.2, 0) is 13.6 Å². The van der Waals surface area contributed by atoms with E-state index in [-0.39, 0.29) is 0 Å². The average Bonchev–Trinajstić information content (AvgIpc) is 2.69. The van der Waals surface area contributed by atoms with E-state index in [1.54, 1.807) is 0 Å². The van der Waals surface area contributed by atoms with Crippen molar-refractivity contribution in [2.45, 2.75) is 52.6 Å². The van der Waals surface area contributed by atoms with E-state index in [2.05, 4.69) is 37.4 Å². The number of aryl methyl sites for hydroxylation is 1. The van der Waals surface area contributed by atoms with Gasteiger partial charge in [0, 0.05) is 31.4 Å². The first kappa shape index (κ1) is 13.2. The van der Waals surface area contributed by atoms with Crippen molar-refractivity contribution in [3.63, 3.8) is 0 Å². The first-order valence-electron chi connectivity index (χ1n) is 6.36. The second kappa shape index (κ2) is 6.69. The Morgan fingerprint density at radius 3 is 2.62 bits per heavy atom. The first-order chi connectivity index (χ1) is 7.65. The molecule has 0 aliphatic rings. The third kappa shape index (κ3) is 4.35. The lowest BCUT2D eigenvalue weighted by molar-refractivity contribution is 0.384. The van der Waals surface area contributed by atoms with Gasteiger partial charge in [-0.25, -0.2) is 0 Å². The second-order valence-electron chi connectivity index (χ2n) is 4.76. The SMILES string of the molecule is CCC(C)CC(CC)NCc1cnn(C)c1. The van der Waals surface area contributed by atoms with Crippen LogP contribution in [0.5, 0.6) is 0 Å². The molecule has 1 rings (SSSR count). The van der Waals surface area contributed by atoms with Gasteiger partial charge in [0.05, 0.1) is 6.20 Å². The minimum absolute atomic E-state index is 0.634. The third-order valence-electron chi connectivity index (χ3n) is 3.23. The Hall–Kier alpha value is -0.830. The van der Waals surface area contributed by atoms with Gasteiger partial charge in [0.2, 0.25) is 0 Å². The largest absolute Gasteiger partial charge is 0.310 e. The average molecular weight is 223 g/mol. The zero-order valence-electron chi connectivity index (χ0n) is 11.0. The summed E-state index contributed by atoms with van der Waals surface area (Å²) in [5, 5.41) is 7.79. The Balaban J connectivity index is 2.33. The predicted molar refractivity (Wildman–Crippen MR) is 68.2 cm³/mol. The summed E-state index contributed by atoms with van der Waals surface area (Å²) >= 11 is 0. The van der Waals surface area contributed by atoms with Crippen LogP contribution in [0.1, 0.15) is 45.6 Å². The molecule has 0 aliphatic heterocycles. The minimum Gasteiger partial charge on any atom is -0.310 e. The number of hydrogen-bond acceptors (Lipinski definition) is 2. The maximum absolute atomic E-state index is 4.17. The van der Waals surface area contributed by atoms with Gasteiger partial charge in [0.15, 0.2) is 0 Å². The summed E-state index contributed by atoms with van der Waals surface area (Å²) in [5.74, 6) is 0.811. The van der Waals surface area contributed by atoms with Crippen LogP contribution in [0.4, 0.5) is 0 Å². The van der Waals surface area contributed by atoms with E-state index in [1.165, 1.54) is 24.8 Å². The molecule has 0 saturated heterocycles. The zero-order valence-corrected chi connectivity index (χ0v) is 11.0. The smallest absolute Gasteiger partial charge is 0.0534 e. The predicted octanol–water partition coefficient (Wildman–Crippen LogP) is 2.72. The molecule has 2 unspecified atom stereocenters. The van der Waals surface area contributed by atoms with Crippen molar-refractivity contribution < 1.29 is 0 Å². The maximum atomic E-state index is 4.17. The van der Waals surface area contributed by atoms with Crippen LogP contribution in [0.25, 0.3) is 0 Å². The minimum atomic E-state index is 0.634. The monoisotopic (exact) mass is 223 g/mol. The second-order valence-corrected chi connectivity index (χ2v) is 4.76. The molecule has 0 saturated carbocycles. The van der Waals surface area contributed by atoms with E-state index < -0.39 is 0 Å². The van der Waals surface area contributed by atoms with Crippen molar-refractivity contribution in [3.8, 4) is 0 Å². The standard InChI is InChI=1S/C13H25N3/c1-5-11(3)7-13(6-2)14-8-12-9-15-16(4)10-12/h9-11,13-14H,5-8H2,1-4H3. The number of rotatable bonds is 7. The summed E-state index contributed by atoms with van der Waals surface area (Å²) in [6.45, 7) is 7.78. The Morgan fingerprint density at radius 2 is 2.12 bits per heavy atom. The summed E-state index contributed by atoms with van der Waals surface area (Å²) in [6, 6.07) is 0.634. The van der Waals surface area contributed by atoms with Gasteiger partial charge in [-0.1, -0.05) is 27.2 Å². The van der Waals surface area contributed by atoms with Gasteiger partial charge in [-0.15, -0.1) is 0 Å². The highest BCUT2D eigenvalue weighted by Crippen LogP contribution is 2.12. The van der Waals surface area contributed by atoms with E-state index in [4.69, 9.17) is 0 Å². The fourth-order valence-electron chi connectivity index (χ4n) is 1.87. The lowest BCUT2D eigenvalue weighted by Gasteiger charge is -2.19. The van der Waals surface area contributed by atoms with E-state index >= 15 is 0 Å². The molecule has 0 fully saturated rings. The molecule has 0 radical (unpaired) electrons. The van der Waals surface area contributed by atoms with Gasteiger partial charge in [-0.05, 0) is 18.8 Å². The Labute approximate surface area is 99.2 Å².